The molecule has 51 heavy (non-hydrogen) atoms. The molecule has 12 nitrogen and oxygen atoms in total. The normalized spacial score (nSPS) is 16.5. The Morgan fingerprint density at radius 3 is 2.35 bits per heavy atom. The number of nitrogens with one attached hydrogen (secondary N) is 2. The zero-order valence-electron chi connectivity index (χ0n) is 29.1. The van der Waals surface area contributed by atoms with Gasteiger partial charge in [0.25, 0.3) is 11.8 Å². The fourth-order valence-electron chi connectivity index (χ4n) is 5.34. The van der Waals surface area contributed by atoms with Crippen LogP contribution < -0.4 is 10.6 Å². The van der Waals surface area contributed by atoms with Gasteiger partial charge in [0.15, 0.2) is 0 Å². The van der Waals surface area contributed by atoms with Crippen LogP contribution in [0.3, 0.4) is 0 Å². The van der Waals surface area contributed by atoms with Gasteiger partial charge in [-0.1, -0.05) is 31.2 Å². The molecule has 0 aromatic heterocycles. The number of ether oxygens (including phenoxy) is 1. The monoisotopic (exact) mass is 732 g/mol. The van der Waals surface area contributed by atoms with E-state index < -0.39 is 30.1 Å². The number of hydrazone groups is 1. The van der Waals surface area contributed by atoms with Crippen molar-refractivity contribution in [1.82, 2.24) is 25.0 Å². The van der Waals surface area contributed by atoms with Gasteiger partial charge in [0.2, 0.25) is 5.91 Å². The number of allylic oxidation sites excluding steroid dienone is 3. The largest absolute Gasteiger partial charge is 0.416 e. The Balaban J connectivity index is 0.000000676. The van der Waals surface area contributed by atoms with Crippen LogP contribution >= 0.6 is 11.6 Å². The van der Waals surface area contributed by atoms with Crippen molar-refractivity contribution in [3.63, 3.8) is 0 Å². The molecule has 3 heterocycles. The topological polar surface area (TPSA) is 122 Å². The van der Waals surface area contributed by atoms with Gasteiger partial charge >= 0.3 is 6.18 Å². The molecule has 3 amide bonds. The first-order chi connectivity index (χ1) is 24.2. The summed E-state index contributed by atoms with van der Waals surface area (Å²) in [5, 5.41) is 9.73. The van der Waals surface area contributed by atoms with E-state index >= 15 is 0 Å². The maximum atomic E-state index is 13.7. The molecule has 3 aliphatic heterocycles. The van der Waals surface area contributed by atoms with Gasteiger partial charge in [0.1, 0.15) is 12.2 Å². The SMILES string of the molecule is C=NCC1=CCOCC1.C=NN(CC(=O)Nc1ccc(C(F)(F)F)cc1Cl)C(=O)/C(=C(/CC)NC)N1CCN(C(=O)C2=CC=CN(C)C2=C)CC1. The van der Waals surface area contributed by atoms with Crippen LogP contribution in [0.4, 0.5) is 18.9 Å². The molecule has 276 valence electrons. The average molecular weight is 733 g/mol. The van der Waals surface area contributed by atoms with E-state index in [9.17, 15) is 27.6 Å². The number of benzene rings is 1. The van der Waals surface area contributed by atoms with E-state index in [0.717, 1.165) is 43.3 Å². The van der Waals surface area contributed by atoms with Crippen molar-refractivity contribution >= 4 is 48.4 Å². The first kappa shape index (κ1) is 40.5. The highest BCUT2D eigenvalue weighted by Gasteiger charge is 2.33. The molecule has 0 bridgehead atoms. The molecule has 0 aliphatic carbocycles. The van der Waals surface area contributed by atoms with Crippen LogP contribution in [-0.4, -0.2) is 117 Å². The van der Waals surface area contributed by atoms with E-state index in [4.69, 9.17) is 16.3 Å². The molecule has 0 spiro atoms. The molecule has 1 aromatic rings. The number of anilines is 1. The lowest BCUT2D eigenvalue weighted by Crippen LogP contribution is -2.51. The van der Waals surface area contributed by atoms with Crippen LogP contribution in [0.25, 0.3) is 0 Å². The molecule has 2 N–H and O–H groups in total. The lowest BCUT2D eigenvalue weighted by molar-refractivity contribution is -0.137. The predicted molar refractivity (Wildman–Crippen MR) is 193 cm³/mol. The minimum absolute atomic E-state index is 0.0513. The number of hydrogen-bond donors (Lipinski definition) is 2. The lowest BCUT2D eigenvalue weighted by Gasteiger charge is -2.39. The summed E-state index contributed by atoms with van der Waals surface area (Å²) in [5.41, 5.74) is 2.29. The van der Waals surface area contributed by atoms with E-state index in [1.54, 1.807) is 29.0 Å². The summed E-state index contributed by atoms with van der Waals surface area (Å²) in [4.78, 5) is 48.7. The van der Waals surface area contributed by atoms with Gasteiger partial charge < -0.3 is 30.1 Å². The van der Waals surface area contributed by atoms with E-state index in [1.807, 2.05) is 25.1 Å². The maximum Gasteiger partial charge on any atom is 0.416 e. The number of carbonyl (C=O) groups is 3. The number of nitrogens with zero attached hydrogens (tertiary/aromatic N) is 6. The summed E-state index contributed by atoms with van der Waals surface area (Å²) < 4.78 is 43.9. The molecule has 16 heteroatoms. The van der Waals surface area contributed by atoms with Gasteiger partial charge in [-0.2, -0.15) is 18.3 Å². The molecule has 1 saturated heterocycles. The van der Waals surface area contributed by atoms with E-state index in [0.29, 0.717) is 55.6 Å². The number of carbonyl (C=O) groups excluding carboxylic acids is 3. The molecular weight excluding hydrogens is 689 g/mol. The third-order valence-electron chi connectivity index (χ3n) is 8.21. The van der Waals surface area contributed by atoms with Gasteiger partial charge in [-0.15, -0.1) is 0 Å². The Labute approximate surface area is 301 Å². The summed E-state index contributed by atoms with van der Waals surface area (Å²) in [7, 11) is 3.48. The van der Waals surface area contributed by atoms with Crippen LogP contribution in [0, 0.1) is 0 Å². The standard InChI is InChI=1S/C28H33ClF3N7O3.C7H11NO/c1-6-22(33-3)25(37-12-14-38(15-13-37)26(41)20-8-7-11-36(5)18(20)2)27(42)39(34-4)17-24(40)35-23-10-9-19(16-21(23)29)28(30,31)32;1-8-6-7-2-4-9-5-3-7/h7-11,16,33H,2,4,6,12-15,17H2,1,3,5H3,(H,35,40);2H,1,3-6H2/b25-22+;. The average Bonchev–Trinajstić information content (AvgIpc) is 3.11. The van der Waals surface area contributed by atoms with E-state index in [2.05, 4.69) is 46.8 Å². The second-order valence-corrected chi connectivity index (χ2v) is 11.9. The second-order valence-electron chi connectivity index (χ2n) is 11.5. The minimum Gasteiger partial charge on any atom is -0.390 e. The fourth-order valence-corrected chi connectivity index (χ4v) is 5.57. The van der Waals surface area contributed by atoms with Gasteiger partial charge in [-0.3, -0.25) is 19.4 Å². The number of likely N-dealkylation sites (N-methyl/N-ethyl adjacent to an activating group) is 1. The first-order valence-electron chi connectivity index (χ1n) is 16.1. The smallest absolute Gasteiger partial charge is 0.390 e. The number of aliphatic imine (C=N–C) groups is 1. The Bertz CT molecular complexity index is 1610. The number of rotatable bonds is 11. The highest BCUT2D eigenvalue weighted by Crippen LogP contribution is 2.34. The number of hydrogen-bond acceptors (Lipinski definition) is 9. The Morgan fingerprint density at radius 1 is 1.12 bits per heavy atom. The van der Waals surface area contributed by atoms with Gasteiger partial charge in [0.05, 0.1) is 41.6 Å². The molecular formula is C35H44ClF3N8O4. The summed E-state index contributed by atoms with van der Waals surface area (Å²) in [6.07, 6.45) is 4.28. The molecule has 0 unspecified atom stereocenters. The summed E-state index contributed by atoms with van der Waals surface area (Å²) >= 11 is 5.95. The highest BCUT2D eigenvalue weighted by molar-refractivity contribution is 6.33. The zero-order valence-corrected chi connectivity index (χ0v) is 29.8. The van der Waals surface area contributed by atoms with Crippen molar-refractivity contribution in [3.8, 4) is 0 Å². The molecule has 0 radical (unpaired) electrons. The Kier molecular flexibility index (Phi) is 15.0. The molecule has 4 rings (SSSR count). The quantitative estimate of drug-likeness (QED) is 0.147. The van der Waals surface area contributed by atoms with Crippen LogP contribution in [0.15, 0.2) is 87.5 Å². The van der Waals surface area contributed by atoms with Gasteiger partial charge in [-0.25, -0.2) is 5.01 Å². The van der Waals surface area contributed by atoms with Crippen molar-refractivity contribution in [1.29, 1.82) is 0 Å². The molecule has 3 aliphatic rings. The van der Waals surface area contributed by atoms with Crippen molar-refractivity contribution in [2.24, 2.45) is 10.1 Å². The molecule has 1 aromatic carbocycles. The fraction of sp³-hybridized carbons (Fsp3) is 0.400. The van der Waals surface area contributed by atoms with Gasteiger partial charge in [-0.05, 0) is 55.5 Å². The highest BCUT2D eigenvalue weighted by atomic mass is 35.5. The van der Waals surface area contributed by atoms with Crippen LogP contribution in [-0.2, 0) is 25.3 Å². The van der Waals surface area contributed by atoms with Crippen LogP contribution in [0.5, 0.6) is 0 Å². The summed E-state index contributed by atoms with van der Waals surface area (Å²) in [5.74, 6) is -1.51. The molecule has 0 atom stereocenters. The number of halogens is 4. The summed E-state index contributed by atoms with van der Waals surface area (Å²) in [6.45, 7) is 15.8. The Hall–Kier alpha value is -4.89. The van der Waals surface area contributed by atoms with Crippen molar-refractivity contribution in [2.75, 3.05) is 71.9 Å². The van der Waals surface area contributed by atoms with E-state index in [-0.39, 0.29) is 22.3 Å². The number of alkyl halides is 3. The third kappa shape index (κ3) is 11.0. The van der Waals surface area contributed by atoms with Gasteiger partial charge in [0, 0.05) is 64.6 Å². The minimum atomic E-state index is -4.59. The number of piperazine rings is 1. The van der Waals surface area contributed by atoms with Crippen molar-refractivity contribution in [3.05, 3.63) is 88.0 Å². The lowest BCUT2D eigenvalue weighted by atomic mass is 10.1. The maximum absolute atomic E-state index is 13.7. The van der Waals surface area contributed by atoms with Crippen molar-refractivity contribution < 1.29 is 32.3 Å². The van der Waals surface area contributed by atoms with Crippen LogP contribution in [0.2, 0.25) is 5.02 Å². The summed E-state index contributed by atoms with van der Waals surface area (Å²) in [6, 6.07) is 2.52. The van der Waals surface area contributed by atoms with E-state index in [1.165, 1.54) is 5.57 Å². The third-order valence-corrected chi connectivity index (χ3v) is 8.52. The molecule has 1 fully saturated rings. The van der Waals surface area contributed by atoms with Crippen LogP contribution in [0.1, 0.15) is 25.3 Å². The van der Waals surface area contributed by atoms with Crippen molar-refractivity contribution in [2.45, 2.75) is 25.9 Å². The second kappa shape index (κ2) is 18.9. The molecule has 0 saturated carbocycles. The number of amides is 3. The Morgan fingerprint density at radius 2 is 1.80 bits per heavy atom. The zero-order chi connectivity index (χ0) is 37.7. The first-order valence-corrected chi connectivity index (χ1v) is 16.5. The predicted octanol–water partition coefficient (Wildman–Crippen LogP) is 4.66.